The van der Waals surface area contributed by atoms with Crippen molar-refractivity contribution in [3.05, 3.63) is 58.7 Å². The summed E-state index contributed by atoms with van der Waals surface area (Å²) in [5.41, 5.74) is 4.65. The maximum absolute atomic E-state index is 12.1. The Bertz CT molecular complexity index is 740. The lowest BCUT2D eigenvalue weighted by Crippen LogP contribution is -2.38. The van der Waals surface area contributed by atoms with Crippen molar-refractivity contribution in [1.29, 1.82) is 0 Å². The molecule has 0 aliphatic carbocycles. The predicted molar refractivity (Wildman–Crippen MR) is 100 cm³/mol. The molecule has 0 aliphatic heterocycles. The number of benzene rings is 2. The maximum Gasteiger partial charge on any atom is 0.260 e. The second-order valence-corrected chi connectivity index (χ2v) is 6.41. The van der Waals surface area contributed by atoms with Gasteiger partial charge in [0.25, 0.3) is 5.91 Å². The molecule has 4 heteroatoms. The Morgan fingerprint density at radius 1 is 1.00 bits per heavy atom. The van der Waals surface area contributed by atoms with Crippen LogP contribution in [0.1, 0.15) is 29.2 Å². The topological polar surface area (TPSA) is 47.6 Å². The first-order valence-corrected chi connectivity index (χ1v) is 8.58. The normalized spacial score (nSPS) is 11.7. The van der Waals surface area contributed by atoms with E-state index in [1.807, 2.05) is 58.0 Å². The first kappa shape index (κ1) is 18.8. The van der Waals surface area contributed by atoms with Crippen molar-refractivity contribution in [2.45, 2.75) is 40.7 Å². The number of amides is 1. The molecular weight excluding hydrogens is 314 g/mol. The maximum atomic E-state index is 12.1. The van der Waals surface area contributed by atoms with Crippen LogP contribution in [-0.2, 0) is 4.79 Å². The van der Waals surface area contributed by atoms with Crippen LogP contribution < -0.4 is 14.8 Å². The van der Waals surface area contributed by atoms with Crippen LogP contribution in [-0.4, -0.2) is 25.2 Å². The number of nitrogens with one attached hydrogen (secondary N) is 1. The number of ether oxygens (including phenoxy) is 2. The van der Waals surface area contributed by atoms with Crippen LogP contribution in [0.4, 0.5) is 0 Å². The average Bonchev–Trinajstić information content (AvgIpc) is 2.56. The van der Waals surface area contributed by atoms with Gasteiger partial charge < -0.3 is 14.8 Å². The molecule has 25 heavy (non-hydrogen) atoms. The second kappa shape index (κ2) is 8.56. The fourth-order valence-electron chi connectivity index (χ4n) is 2.49. The van der Waals surface area contributed by atoms with E-state index < -0.39 is 6.10 Å². The van der Waals surface area contributed by atoms with Crippen LogP contribution >= 0.6 is 0 Å². The molecule has 1 atom stereocenters. The monoisotopic (exact) mass is 341 g/mol. The molecule has 0 aliphatic rings. The summed E-state index contributed by atoms with van der Waals surface area (Å²) in [4.78, 5) is 12.1. The van der Waals surface area contributed by atoms with Gasteiger partial charge in [-0.1, -0.05) is 23.8 Å². The molecule has 0 aromatic heterocycles. The van der Waals surface area contributed by atoms with Gasteiger partial charge in [-0.2, -0.15) is 0 Å². The highest BCUT2D eigenvalue weighted by Crippen LogP contribution is 2.19. The minimum Gasteiger partial charge on any atom is -0.491 e. The molecule has 2 rings (SSSR count). The molecular formula is C21H27NO3. The Hall–Kier alpha value is -2.49. The Morgan fingerprint density at radius 3 is 2.44 bits per heavy atom. The standard InChI is InChI=1S/C21H27NO3/c1-14-6-9-20(17(4)12-14)24-11-10-22-21(23)18(5)25-19-8-7-15(2)16(3)13-19/h6-9,12-13,18H,10-11H2,1-5H3,(H,22,23)/t18-/m1/s1. The highest BCUT2D eigenvalue weighted by molar-refractivity contribution is 5.80. The molecule has 134 valence electrons. The van der Waals surface area contributed by atoms with Gasteiger partial charge in [-0.3, -0.25) is 4.79 Å². The summed E-state index contributed by atoms with van der Waals surface area (Å²) < 4.78 is 11.4. The zero-order chi connectivity index (χ0) is 18.4. The highest BCUT2D eigenvalue weighted by Gasteiger charge is 2.14. The van der Waals surface area contributed by atoms with Crippen LogP contribution in [0.5, 0.6) is 11.5 Å². The second-order valence-electron chi connectivity index (χ2n) is 6.41. The van der Waals surface area contributed by atoms with Gasteiger partial charge in [0, 0.05) is 0 Å². The van der Waals surface area contributed by atoms with E-state index in [2.05, 4.69) is 11.4 Å². The minimum atomic E-state index is -0.553. The van der Waals surface area contributed by atoms with E-state index in [4.69, 9.17) is 9.47 Å². The predicted octanol–water partition coefficient (Wildman–Crippen LogP) is 3.88. The molecule has 0 heterocycles. The fraction of sp³-hybridized carbons (Fsp3) is 0.381. The van der Waals surface area contributed by atoms with E-state index in [0.29, 0.717) is 18.9 Å². The van der Waals surface area contributed by atoms with E-state index in [0.717, 1.165) is 16.9 Å². The van der Waals surface area contributed by atoms with Crippen molar-refractivity contribution >= 4 is 5.91 Å². The van der Waals surface area contributed by atoms with E-state index in [9.17, 15) is 4.79 Å². The van der Waals surface area contributed by atoms with Gasteiger partial charge in [-0.25, -0.2) is 0 Å². The van der Waals surface area contributed by atoms with E-state index in [1.165, 1.54) is 11.1 Å². The molecule has 0 spiro atoms. The number of carbonyl (C=O) groups excluding carboxylic acids is 1. The smallest absolute Gasteiger partial charge is 0.260 e. The zero-order valence-electron chi connectivity index (χ0n) is 15.7. The molecule has 0 saturated heterocycles. The molecule has 0 fully saturated rings. The van der Waals surface area contributed by atoms with Crippen LogP contribution in [0.2, 0.25) is 0 Å². The zero-order valence-corrected chi connectivity index (χ0v) is 15.7. The van der Waals surface area contributed by atoms with E-state index in [1.54, 1.807) is 6.92 Å². The Kier molecular flexibility index (Phi) is 6.45. The lowest BCUT2D eigenvalue weighted by atomic mass is 10.1. The third kappa shape index (κ3) is 5.52. The number of hydrogen-bond donors (Lipinski definition) is 1. The van der Waals surface area contributed by atoms with Crippen LogP contribution in [0.15, 0.2) is 36.4 Å². The molecule has 0 unspecified atom stereocenters. The van der Waals surface area contributed by atoms with Crippen molar-refractivity contribution < 1.29 is 14.3 Å². The molecule has 0 radical (unpaired) electrons. The van der Waals surface area contributed by atoms with Gasteiger partial charge in [-0.15, -0.1) is 0 Å². The Morgan fingerprint density at radius 2 is 1.76 bits per heavy atom. The minimum absolute atomic E-state index is 0.151. The van der Waals surface area contributed by atoms with Crippen molar-refractivity contribution in [3.8, 4) is 11.5 Å². The summed E-state index contributed by atoms with van der Waals surface area (Å²) in [5, 5.41) is 2.84. The van der Waals surface area contributed by atoms with E-state index >= 15 is 0 Å². The van der Waals surface area contributed by atoms with Gasteiger partial charge in [0.2, 0.25) is 0 Å². The summed E-state index contributed by atoms with van der Waals surface area (Å²) in [6, 6.07) is 11.9. The first-order valence-electron chi connectivity index (χ1n) is 8.58. The molecule has 2 aromatic rings. The highest BCUT2D eigenvalue weighted by atomic mass is 16.5. The van der Waals surface area contributed by atoms with Crippen molar-refractivity contribution in [2.24, 2.45) is 0 Å². The van der Waals surface area contributed by atoms with Crippen molar-refractivity contribution in [2.75, 3.05) is 13.2 Å². The summed E-state index contributed by atoms with van der Waals surface area (Å²) in [6.45, 7) is 10.7. The lowest BCUT2D eigenvalue weighted by Gasteiger charge is -2.16. The van der Waals surface area contributed by atoms with Gasteiger partial charge in [0.1, 0.15) is 18.1 Å². The molecule has 1 amide bonds. The molecule has 1 N–H and O–H groups in total. The van der Waals surface area contributed by atoms with Crippen LogP contribution in [0, 0.1) is 27.7 Å². The quantitative estimate of drug-likeness (QED) is 0.778. The lowest BCUT2D eigenvalue weighted by molar-refractivity contribution is -0.127. The number of aryl methyl sites for hydroxylation is 4. The third-order valence-electron chi connectivity index (χ3n) is 4.15. The van der Waals surface area contributed by atoms with Gasteiger partial charge in [-0.05, 0) is 69.5 Å². The summed E-state index contributed by atoms with van der Waals surface area (Å²) >= 11 is 0. The average molecular weight is 341 g/mol. The summed E-state index contributed by atoms with van der Waals surface area (Å²) in [5.74, 6) is 1.40. The molecule has 4 nitrogen and oxygen atoms in total. The molecule has 2 aromatic carbocycles. The van der Waals surface area contributed by atoms with E-state index in [-0.39, 0.29) is 5.91 Å². The van der Waals surface area contributed by atoms with Crippen molar-refractivity contribution in [3.63, 3.8) is 0 Å². The van der Waals surface area contributed by atoms with Gasteiger partial charge in [0.15, 0.2) is 6.10 Å². The Labute approximate surface area is 150 Å². The Balaban J connectivity index is 1.76. The van der Waals surface area contributed by atoms with Gasteiger partial charge >= 0.3 is 0 Å². The number of rotatable bonds is 7. The molecule has 0 bridgehead atoms. The summed E-state index contributed by atoms with van der Waals surface area (Å²) in [6.07, 6.45) is -0.553. The number of carbonyl (C=O) groups is 1. The first-order chi connectivity index (χ1) is 11.9. The fourth-order valence-corrected chi connectivity index (χ4v) is 2.49. The van der Waals surface area contributed by atoms with Crippen LogP contribution in [0.3, 0.4) is 0 Å². The summed E-state index contributed by atoms with van der Waals surface area (Å²) in [7, 11) is 0. The SMILES string of the molecule is Cc1ccc(OCCNC(=O)[C@@H](C)Oc2ccc(C)c(C)c2)c(C)c1. The van der Waals surface area contributed by atoms with Gasteiger partial charge in [0.05, 0.1) is 6.54 Å². The third-order valence-corrected chi connectivity index (χ3v) is 4.15. The molecule has 0 saturated carbocycles. The van der Waals surface area contributed by atoms with Crippen LogP contribution in [0.25, 0.3) is 0 Å². The largest absolute Gasteiger partial charge is 0.491 e. The van der Waals surface area contributed by atoms with Crippen molar-refractivity contribution in [1.82, 2.24) is 5.32 Å². The number of hydrogen-bond acceptors (Lipinski definition) is 3.